The third-order valence-electron chi connectivity index (χ3n) is 3.98. The largest absolute Gasteiger partial charge is 0.490 e. The second-order valence-corrected chi connectivity index (χ2v) is 5.51. The van der Waals surface area contributed by atoms with Gasteiger partial charge >= 0.3 is 6.03 Å². The molecule has 124 valence electrons. The number of carbonyl (C=O) groups excluding carboxylic acids is 2. The molecule has 0 aliphatic carbocycles. The van der Waals surface area contributed by atoms with Gasteiger partial charge in [0.15, 0.2) is 11.5 Å². The van der Waals surface area contributed by atoms with Crippen LogP contribution in [0, 0.1) is 0 Å². The number of carbonyl (C=O) groups is 2. The first-order valence-electron chi connectivity index (χ1n) is 7.64. The summed E-state index contributed by atoms with van der Waals surface area (Å²) in [7, 11) is 1.59. The van der Waals surface area contributed by atoms with Gasteiger partial charge in [0.2, 0.25) is 0 Å². The molecular weight excluding hydrogens is 300 g/mol. The van der Waals surface area contributed by atoms with E-state index in [1.54, 1.807) is 30.2 Å². The number of morpholine rings is 1. The molecule has 0 aromatic heterocycles. The van der Waals surface area contributed by atoms with E-state index in [4.69, 9.17) is 14.2 Å². The monoisotopic (exact) mass is 320 g/mol. The highest BCUT2D eigenvalue weighted by Gasteiger charge is 2.29. The standard InChI is InChI=1S/C16H20N2O5/c1-21-9-11-10-22-8-6-18(11)16(20)17-13-4-2-3-12-14(19)5-7-23-15(12)13/h2-4,11H,5-10H2,1H3,(H,17,20). The molecule has 1 aromatic rings. The smallest absolute Gasteiger partial charge is 0.322 e. The van der Waals surface area contributed by atoms with Gasteiger partial charge in [-0.1, -0.05) is 6.07 Å². The van der Waals surface area contributed by atoms with Crippen molar-refractivity contribution in [2.75, 3.05) is 45.4 Å². The lowest BCUT2D eigenvalue weighted by atomic mass is 10.0. The molecule has 7 nitrogen and oxygen atoms in total. The number of amides is 2. The Morgan fingerprint density at radius 2 is 2.30 bits per heavy atom. The summed E-state index contributed by atoms with van der Waals surface area (Å²) in [5.41, 5.74) is 1.03. The quantitative estimate of drug-likeness (QED) is 0.914. The first kappa shape index (κ1) is 15.8. The van der Waals surface area contributed by atoms with Crippen LogP contribution in [0.25, 0.3) is 0 Å². The number of methoxy groups -OCH3 is 1. The predicted octanol–water partition coefficient (Wildman–Crippen LogP) is 1.53. The molecule has 3 rings (SSSR count). The van der Waals surface area contributed by atoms with Crippen molar-refractivity contribution in [3.63, 3.8) is 0 Å². The minimum atomic E-state index is -0.245. The van der Waals surface area contributed by atoms with Gasteiger partial charge in [-0.25, -0.2) is 4.79 Å². The maximum Gasteiger partial charge on any atom is 0.322 e. The first-order chi connectivity index (χ1) is 11.2. The van der Waals surface area contributed by atoms with Gasteiger partial charge in [0.25, 0.3) is 0 Å². The molecule has 1 N–H and O–H groups in total. The van der Waals surface area contributed by atoms with E-state index >= 15 is 0 Å². The fourth-order valence-electron chi connectivity index (χ4n) is 2.83. The van der Waals surface area contributed by atoms with Gasteiger partial charge in [-0.3, -0.25) is 4.79 Å². The molecule has 0 spiro atoms. The number of ether oxygens (including phenoxy) is 3. The SMILES string of the molecule is COCC1COCCN1C(=O)Nc1cccc2c1OCCC2=O. The molecule has 1 unspecified atom stereocenters. The Morgan fingerprint density at radius 1 is 1.43 bits per heavy atom. The Labute approximate surface area is 134 Å². The van der Waals surface area contributed by atoms with Crippen LogP contribution in [0.3, 0.4) is 0 Å². The number of Topliss-reactive ketones (excluding diaryl/α,β-unsaturated/α-hetero) is 1. The second-order valence-electron chi connectivity index (χ2n) is 5.51. The van der Waals surface area contributed by atoms with Crippen LogP contribution in [-0.4, -0.2) is 62.8 Å². The van der Waals surface area contributed by atoms with Crippen molar-refractivity contribution in [1.82, 2.24) is 4.90 Å². The number of urea groups is 1. The summed E-state index contributed by atoms with van der Waals surface area (Å²) in [6.07, 6.45) is 0.365. The highest BCUT2D eigenvalue weighted by atomic mass is 16.5. The minimum Gasteiger partial charge on any atom is -0.490 e. The van der Waals surface area contributed by atoms with Crippen molar-refractivity contribution in [2.24, 2.45) is 0 Å². The zero-order valence-corrected chi connectivity index (χ0v) is 13.0. The Hall–Kier alpha value is -2.12. The summed E-state index contributed by atoms with van der Waals surface area (Å²) in [6.45, 7) is 2.19. The molecule has 2 aliphatic rings. The first-order valence-corrected chi connectivity index (χ1v) is 7.64. The lowest BCUT2D eigenvalue weighted by molar-refractivity contribution is -0.0133. The summed E-state index contributed by atoms with van der Waals surface area (Å²) in [5, 5.41) is 2.85. The number of ketones is 1. The summed E-state index contributed by atoms with van der Waals surface area (Å²) in [4.78, 5) is 26.2. The maximum atomic E-state index is 12.6. The summed E-state index contributed by atoms with van der Waals surface area (Å²) in [5.74, 6) is 0.486. The minimum absolute atomic E-state index is 0.0333. The Bertz CT molecular complexity index is 602. The van der Waals surface area contributed by atoms with Gasteiger partial charge in [-0.05, 0) is 12.1 Å². The molecule has 23 heavy (non-hydrogen) atoms. The fraction of sp³-hybridized carbons (Fsp3) is 0.500. The van der Waals surface area contributed by atoms with Gasteiger partial charge in [0.1, 0.15) is 0 Å². The predicted molar refractivity (Wildman–Crippen MR) is 83.1 cm³/mol. The number of nitrogens with one attached hydrogen (secondary N) is 1. The number of hydrogen-bond acceptors (Lipinski definition) is 5. The molecule has 1 atom stereocenters. The zero-order chi connectivity index (χ0) is 16.2. The molecule has 7 heteroatoms. The topological polar surface area (TPSA) is 77.1 Å². The zero-order valence-electron chi connectivity index (χ0n) is 13.0. The molecule has 0 radical (unpaired) electrons. The molecular formula is C16H20N2O5. The van der Waals surface area contributed by atoms with Crippen LogP contribution in [-0.2, 0) is 9.47 Å². The van der Waals surface area contributed by atoms with Crippen LogP contribution in [0.5, 0.6) is 5.75 Å². The number of fused-ring (bicyclic) bond motifs is 1. The molecule has 0 saturated carbocycles. The van der Waals surface area contributed by atoms with E-state index in [9.17, 15) is 9.59 Å². The Kier molecular flexibility index (Phi) is 4.78. The number of benzene rings is 1. The normalized spacial score (nSPS) is 20.7. The lowest BCUT2D eigenvalue weighted by Gasteiger charge is -2.35. The molecule has 2 aliphatic heterocycles. The van der Waals surface area contributed by atoms with E-state index in [1.807, 2.05) is 0 Å². The van der Waals surface area contributed by atoms with Crippen LogP contribution in [0.1, 0.15) is 16.8 Å². The van der Waals surface area contributed by atoms with Crippen LogP contribution in [0.2, 0.25) is 0 Å². The summed E-state index contributed by atoms with van der Waals surface area (Å²) >= 11 is 0. The highest BCUT2D eigenvalue weighted by Crippen LogP contribution is 2.33. The average Bonchev–Trinajstić information content (AvgIpc) is 2.56. The Morgan fingerprint density at radius 3 is 3.13 bits per heavy atom. The molecule has 2 amide bonds. The number of hydrogen-bond donors (Lipinski definition) is 1. The highest BCUT2D eigenvalue weighted by molar-refractivity contribution is 6.03. The van der Waals surface area contributed by atoms with Crippen LogP contribution >= 0.6 is 0 Å². The van der Waals surface area contributed by atoms with Gasteiger partial charge < -0.3 is 24.4 Å². The van der Waals surface area contributed by atoms with Crippen molar-refractivity contribution in [3.8, 4) is 5.75 Å². The molecule has 1 saturated heterocycles. The van der Waals surface area contributed by atoms with Crippen LogP contribution < -0.4 is 10.1 Å². The third-order valence-corrected chi connectivity index (χ3v) is 3.98. The number of rotatable bonds is 3. The van der Waals surface area contributed by atoms with Crippen LogP contribution in [0.15, 0.2) is 18.2 Å². The van der Waals surface area contributed by atoms with E-state index < -0.39 is 0 Å². The fourth-order valence-corrected chi connectivity index (χ4v) is 2.83. The van der Waals surface area contributed by atoms with E-state index in [0.717, 1.165) is 0 Å². The second kappa shape index (κ2) is 6.97. The van der Waals surface area contributed by atoms with E-state index in [1.165, 1.54) is 0 Å². The molecule has 1 aromatic carbocycles. The molecule has 0 bridgehead atoms. The number of nitrogens with zero attached hydrogens (tertiary/aromatic N) is 1. The van der Waals surface area contributed by atoms with Gasteiger partial charge in [-0.2, -0.15) is 0 Å². The average molecular weight is 320 g/mol. The third kappa shape index (κ3) is 3.30. The van der Waals surface area contributed by atoms with Gasteiger partial charge in [0, 0.05) is 20.1 Å². The molecule has 2 heterocycles. The summed E-state index contributed by atoms with van der Waals surface area (Å²) in [6, 6.07) is 4.82. The van der Waals surface area contributed by atoms with Crippen molar-refractivity contribution in [2.45, 2.75) is 12.5 Å². The van der Waals surface area contributed by atoms with Crippen molar-refractivity contribution < 1.29 is 23.8 Å². The van der Waals surface area contributed by atoms with E-state index in [2.05, 4.69) is 5.32 Å². The van der Waals surface area contributed by atoms with Crippen molar-refractivity contribution in [1.29, 1.82) is 0 Å². The lowest BCUT2D eigenvalue weighted by Crippen LogP contribution is -2.52. The molecule has 1 fully saturated rings. The van der Waals surface area contributed by atoms with Crippen LogP contribution in [0.4, 0.5) is 10.5 Å². The van der Waals surface area contributed by atoms with Gasteiger partial charge in [0.05, 0.1) is 43.7 Å². The maximum absolute atomic E-state index is 12.6. The van der Waals surface area contributed by atoms with Crippen molar-refractivity contribution in [3.05, 3.63) is 23.8 Å². The number of para-hydroxylation sites is 1. The Balaban J connectivity index is 1.77. The van der Waals surface area contributed by atoms with Crippen molar-refractivity contribution >= 4 is 17.5 Å². The van der Waals surface area contributed by atoms with Gasteiger partial charge in [-0.15, -0.1) is 0 Å². The van der Waals surface area contributed by atoms with E-state index in [0.29, 0.717) is 56.4 Å². The summed E-state index contributed by atoms with van der Waals surface area (Å²) < 4.78 is 16.1. The number of anilines is 1. The van der Waals surface area contributed by atoms with E-state index in [-0.39, 0.29) is 17.9 Å².